The Hall–Kier alpha value is -0.780. The first-order valence-electron chi connectivity index (χ1n) is 5.27. The van der Waals surface area contributed by atoms with Gasteiger partial charge in [0.25, 0.3) is 5.91 Å². The Morgan fingerprint density at radius 2 is 2.19 bits per heavy atom. The molecule has 0 saturated heterocycles. The molecule has 0 saturated carbocycles. The molecular weight excluding hydrogens is 317 g/mol. The number of primary amides is 1. The fourth-order valence-corrected chi connectivity index (χ4v) is 2.54. The van der Waals surface area contributed by atoms with Crippen LogP contribution in [0.5, 0.6) is 5.75 Å². The highest BCUT2D eigenvalue weighted by Crippen LogP contribution is 2.27. The Morgan fingerprint density at radius 3 is 2.69 bits per heavy atom. The molecule has 1 aromatic carbocycles. The third kappa shape index (κ3) is 2.87. The van der Waals surface area contributed by atoms with Crippen molar-refractivity contribution in [2.75, 3.05) is 7.11 Å². The average molecular weight is 333 g/mol. The highest BCUT2D eigenvalue weighted by molar-refractivity contribution is 14.1. The van der Waals surface area contributed by atoms with E-state index >= 15 is 0 Å². The molecule has 0 aliphatic carbocycles. The Morgan fingerprint density at radius 1 is 1.50 bits per heavy atom. The van der Waals surface area contributed by atoms with Crippen molar-refractivity contribution in [2.45, 2.75) is 26.2 Å². The summed E-state index contributed by atoms with van der Waals surface area (Å²) in [4.78, 5) is 11.4. The zero-order valence-electron chi connectivity index (χ0n) is 9.55. The minimum absolute atomic E-state index is 0.431. The maximum absolute atomic E-state index is 11.4. The number of carbonyl (C=O) groups is 1. The Kier molecular flexibility index (Phi) is 5.05. The summed E-state index contributed by atoms with van der Waals surface area (Å²) in [5.74, 6) is 0.122. The van der Waals surface area contributed by atoms with E-state index in [9.17, 15) is 4.79 Å². The van der Waals surface area contributed by atoms with E-state index in [-0.39, 0.29) is 0 Å². The summed E-state index contributed by atoms with van der Waals surface area (Å²) in [5.41, 5.74) is 7.03. The minimum Gasteiger partial charge on any atom is -0.496 e. The first kappa shape index (κ1) is 13.3. The van der Waals surface area contributed by atoms with E-state index in [4.69, 9.17) is 10.5 Å². The summed E-state index contributed by atoms with van der Waals surface area (Å²) in [7, 11) is 1.55. The van der Waals surface area contributed by atoms with Gasteiger partial charge in [-0.05, 0) is 47.1 Å². The highest BCUT2D eigenvalue weighted by atomic mass is 127. The third-order valence-electron chi connectivity index (χ3n) is 2.45. The van der Waals surface area contributed by atoms with Crippen LogP contribution in [0.25, 0.3) is 0 Å². The quantitative estimate of drug-likeness (QED) is 0.843. The van der Waals surface area contributed by atoms with Crippen molar-refractivity contribution < 1.29 is 9.53 Å². The van der Waals surface area contributed by atoms with Crippen LogP contribution in [0.3, 0.4) is 0 Å². The lowest BCUT2D eigenvalue weighted by atomic mass is 10.0. The molecule has 88 valence electrons. The van der Waals surface area contributed by atoms with Crippen LogP contribution in [-0.4, -0.2) is 13.0 Å². The highest BCUT2D eigenvalue weighted by Gasteiger charge is 2.16. The van der Waals surface area contributed by atoms with Crippen molar-refractivity contribution in [3.63, 3.8) is 0 Å². The van der Waals surface area contributed by atoms with E-state index in [1.807, 2.05) is 12.1 Å². The van der Waals surface area contributed by atoms with Crippen LogP contribution >= 0.6 is 22.6 Å². The SMILES string of the molecule is CCCCc1ccc(OC)c(C(N)=O)c1I. The van der Waals surface area contributed by atoms with Gasteiger partial charge in [0, 0.05) is 3.57 Å². The van der Waals surface area contributed by atoms with Crippen molar-refractivity contribution in [3.8, 4) is 5.75 Å². The number of methoxy groups -OCH3 is 1. The number of benzene rings is 1. The standard InChI is InChI=1S/C12H16INO2/c1-3-4-5-8-6-7-9(16-2)10(11(8)13)12(14)15/h6-7H,3-5H2,1-2H3,(H2,14,15). The predicted molar refractivity (Wildman–Crippen MR) is 72.8 cm³/mol. The summed E-state index contributed by atoms with van der Waals surface area (Å²) < 4.78 is 6.06. The fourth-order valence-electron chi connectivity index (χ4n) is 1.56. The Labute approximate surface area is 109 Å². The van der Waals surface area contributed by atoms with Crippen molar-refractivity contribution in [3.05, 3.63) is 26.8 Å². The van der Waals surface area contributed by atoms with Gasteiger partial charge >= 0.3 is 0 Å². The summed E-state index contributed by atoms with van der Waals surface area (Å²) in [6, 6.07) is 3.82. The molecule has 16 heavy (non-hydrogen) atoms. The van der Waals surface area contributed by atoms with Gasteiger partial charge in [-0.15, -0.1) is 0 Å². The normalized spacial score (nSPS) is 10.2. The number of unbranched alkanes of at least 4 members (excludes halogenated alkanes) is 1. The lowest BCUT2D eigenvalue weighted by Crippen LogP contribution is -2.15. The number of hydrogen-bond donors (Lipinski definition) is 1. The second kappa shape index (κ2) is 6.08. The average Bonchev–Trinajstić information content (AvgIpc) is 2.26. The van der Waals surface area contributed by atoms with Gasteiger partial charge in [-0.25, -0.2) is 0 Å². The van der Waals surface area contributed by atoms with Gasteiger partial charge in [-0.2, -0.15) is 0 Å². The van der Waals surface area contributed by atoms with Crippen LogP contribution < -0.4 is 10.5 Å². The number of hydrogen-bond acceptors (Lipinski definition) is 2. The number of rotatable bonds is 5. The van der Waals surface area contributed by atoms with Crippen molar-refractivity contribution in [1.29, 1.82) is 0 Å². The number of ether oxygens (including phenoxy) is 1. The molecule has 0 spiro atoms. The molecule has 2 N–H and O–H groups in total. The van der Waals surface area contributed by atoms with Crippen LogP contribution in [0, 0.1) is 3.57 Å². The van der Waals surface area contributed by atoms with Gasteiger partial charge in [0.05, 0.1) is 12.7 Å². The Bertz CT molecular complexity index is 391. The van der Waals surface area contributed by atoms with Gasteiger partial charge < -0.3 is 10.5 Å². The van der Waals surface area contributed by atoms with Crippen LogP contribution in [0.4, 0.5) is 0 Å². The summed E-state index contributed by atoms with van der Waals surface area (Å²) >= 11 is 2.16. The number of amides is 1. The van der Waals surface area contributed by atoms with Crippen molar-refractivity contribution in [1.82, 2.24) is 0 Å². The van der Waals surface area contributed by atoms with Crippen LogP contribution in [-0.2, 0) is 6.42 Å². The fraction of sp³-hybridized carbons (Fsp3) is 0.417. The second-order valence-electron chi connectivity index (χ2n) is 3.58. The molecule has 0 bridgehead atoms. The first-order chi connectivity index (χ1) is 7.61. The van der Waals surface area contributed by atoms with Crippen molar-refractivity contribution in [2.24, 2.45) is 5.73 Å². The van der Waals surface area contributed by atoms with E-state index in [1.54, 1.807) is 7.11 Å². The Balaban J connectivity index is 3.15. The molecule has 3 nitrogen and oxygen atoms in total. The topological polar surface area (TPSA) is 52.3 Å². The molecule has 0 atom stereocenters. The molecule has 1 aromatic rings. The molecule has 0 aromatic heterocycles. The second-order valence-corrected chi connectivity index (χ2v) is 4.66. The summed E-state index contributed by atoms with van der Waals surface area (Å²) in [6.07, 6.45) is 3.22. The molecule has 0 aliphatic rings. The number of aryl methyl sites for hydroxylation is 1. The molecule has 0 radical (unpaired) electrons. The number of halogens is 1. The molecule has 0 fully saturated rings. The molecule has 0 heterocycles. The maximum atomic E-state index is 11.4. The van der Waals surface area contributed by atoms with Crippen LogP contribution in [0.15, 0.2) is 12.1 Å². The van der Waals surface area contributed by atoms with Gasteiger partial charge in [-0.1, -0.05) is 19.4 Å². The lowest BCUT2D eigenvalue weighted by Gasteiger charge is -2.11. The molecular formula is C12H16INO2. The number of carbonyl (C=O) groups excluding carboxylic acids is 1. The predicted octanol–water partition coefficient (Wildman–Crippen LogP) is 2.74. The molecule has 0 aliphatic heterocycles. The molecule has 4 heteroatoms. The maximum Gasteiger partial charge on any atom is 0.253 e. The van der Waals surface area contributed by atoms with Crippen LogP contribution in [0.2, 0.25) is 0 Å². The monoisotopic (exact) mass is 333 g/mol. The lowest BCUT2D eigenvalue weighted by molar-refractivity contribution is 0.0996. The van der Waals surface area contributed by atoms with E-state index in [2.05, 4.69) is 29.5 Å². The summed E-state index contributed by atoms with van der Waals surface area (Å²) in [6.45, 7) is 2.14. The zero-order chi connectivity index (χ0) is 12.1. The van der Waals surface area contributed by atoms with E-state index < -0.39 is 5.91 Å². The zero-order valence-corrected chi connectivity index (χ0v) is 11.7. The number of nitrogens with two attached hydrogens (primary N) is 1. The largest absolute Gasteiger partial charge is 0.496 e. The van der Waals surface area contributed by atoms with Gasteiger partial charge in [0.1, 0.15) is 5.75 Å². The first-order valence-corrected chi connectivity index (χ1v) is 6.34. The van der Waals surface area contributed by atoms with Gasteiger partial charge in [-0.3, -0.25) is 4.79 Å². The molecule has 1 rings (SSSR count). The van der Waals surface area contributed by atoms with E-state index in [1.165, 1.54) is 0 Å². The van der Waals surface area contributed by atoms with Crippen molar-refractivity contribution >= 4 is 28.5 Å². The van der Waals surface area contributed by atoms with E-state index in [0.717, 1.165) is 28.4 Å². The molecule has 1 amide bonds. The smallest absolute Gasteiger partial charge is 0.253 e. The minimum atomic E-state index is -0.431. The van der Waals surface area contributed by atoms with Crippen LogP contribution in [0.1, 0.15) is 35.7 Å². The molecule has 0 unspecified atom stereocenters. The van der Waals surface area contributed by atoms with Gasteiger partial charge in [0.2, 0.25) is 0 Å². The third-order valence-corrected chi connectivity index (χ3v) is 3.68. The van der Waals surface area contributed by atoms with E-state index in [0.29, 0.717) is 11.3 Å². The van der Waals surface area contributed by atoms with Gasteiger partial charge in [0.15, 0.2) is 0 Å². The summed E-state index contributed by atoms with van der Waals surface area (Å²) in [5, 5.41) is 0.